The first kappa shape index (κ1) is 15.6. The van der Waals surface area contributed by atoms with Crippen molar-refractivity contribution in [2.75, 3.05) is 31.5 Å². The molecule has 1 aromatic carbocycles. The maximum Gasteiger partial charge on any atom is 0.0737 e. The minimum Gasteiger partial charge on any atom is -0.383 e. The van der Waals surface area contributed by atoms with E-state index in [1.807, 2.05) is 30.5 Å². The van der Waals surface area contributed by atoms with Crippen LogP contribution in [0.5, 0.6) is 0 Å². The van der Waals surface area contributed by atoms with Crippen molar-refractivity contribution in [3.05, 3.63) is 35.5 Å². The molecule has 1 aliphatic rings. The second kappa shape index (κ2) is 6.43. The zero-order chi connectivity index (χ0) is 15.6. The number of rotatable bonds is 4. The van der Waals surface area contributed by atoms with Gasteiger partial charge in [-0.15, -0.1) is 0 Å². The summed E-state index contributed by atoms with van der Waals surface area (Å²) in [6, 6.07) is 7.91. The Kier molecular flexibility index (Phi) is 4.55. The highest BCUT2D eigenvalue weighted by atomic mass is 35.5. The van der Waals surface area contributed by atoms with Crippen molar-refractivity contribution < 1.29 is 0 Å². The summed E-state index contributed by atoms with van der Waals surface area (Å²) in [5.41, 5.74) is 2.53. The number of hydrogen-bond donors (Lipinski definition) is 1. The van der Waals surface area contributed by atoms with Gasteiger partial charge >= 0.3 is 0 Å². The van der Waals surface area contributed by atoms with Gasteiger partial charge in [0.15, 0.2) is 0 Å². The monoisotopic (exact) mass is 317 g/mol. The number of pyridine rings is 1. The van der Waals surface area contributed by atoms with Crippen LogP contribution in [0.25, 0.3) is 10.9 Å². The number of nitrogens with zero attached hydrogens (tertiary/aromatic N) is 2. The molecule has 0 saturated carbocycles. The lowest BCUT2D eigenvalue weighted by atomic mass is 9.84. The van der Waals surface area contributed by atoms with Gasteiger partial charge in [-0.2, -0.15) is 0 Å². The van der Waals surface area contributed by atoms with Crippen LogP contribution in [0, 0.1) is 5.41 Å². The maximum atomic E-state index is 6.04. The number of halogens is 1. The largest absolute Gasteiger partial charge is 0.383 e. The smallest absolute Gasteiger partial charge is 0.0737 e. The summed E-state index contributed by atoms with van der Waals surface area (Å²) in [6.45, 7) is 9.19. The number of nitrogens with one attached hydrogen (secondary N) is 1. The summed E-state index contributed by atoms with van der Waals surface area (Å²) in [6.07, 6.45) is 4.49. The molecule has 0 amide bonds. The Hall–Kier alpha value is -1.32. The van der Waals surface area contributed by atoms with Gasteiger partial charge < -0.3 is 10.2 Å². The Balaban J connectivity index is 1.62. The zero-order valence-corrected chi connectivity index (χ0v) is 14.2. The number of benzene rings is 1. The predicted molar refractivity (Wildman–Crippen MR) is 94.7 cm³/mol. The standard InChI is InChI=1S/C18H24ClN3/c1-18(2)7-3-10-22(13-18)11-9-21-16-6-8-20-17-12-14(19)4-5-15(16)17/h4-6,8,12H,3,7,9-11,13H2,1-2H3,(H,20,21). The molecule has 1 aromatic heterocycles. The van der Waals surface area contributed by atoms with Crippen LogP contribution in [0.15, 0.2) is 30.5 Å². The van der Waals surface area contributed by atoms with Crippen molar-refractivity contribution in [3.8, 4) is 0 Å². The number of anilines is 1. The van der Waals surface area contributed by atoms with Gasteiger partial charge in [-0.25, -0.2) is 0 Å². The molecule has 3 rings (SSSR count). The Morgan fingerprint density at radius 2 is 2.18 bits per heavy atom. The SMILES string of the molecule is CC1(C)CCCN(CCNc2ccnc3cc(Cl)ccc23)C1. The van der Waals surface area contributed by atoms with Gasteiger partial charge in [-0.1, -0.05) is 25.4 Å². The van der Waals surface area contributed by atoms with Gasteiger partial charge in [-0.3, -0.25) is 4.98 Å². The number of piperidine rings is 1. The third kappa shape index (κ3) is 3.71. The molecule has 1 saturated heterocycles. The Morgan fingerprint density at radius 1 is 1.32 bits per heavy atom. The molecule has 1 aliphatic heterocycles. The van der Waals surface area contributed by atoms with Gasteiger partial charge in [0.1, 0.15) is 0 Å². The minimum absolute atomic E-state index is 0.457. The fraction of sp³-hybridized carbons (Fsp3) is 0.500. The third-order valence-corrected chi connectivity index (χ3v) is 4.66. The summed E-state index contributed by atoms with van der Waals surface area (Å²) in [5, 5.41) is 5.42. The van der Waals surface area contributed by atoms with Crippen LogP contribution in [0.2, 0.25) is 5.02 Å². The van der Waals surface area contributed by atoms with Gasteiger partial charge in [0.05, 0.1) is 5.52 Å². The molecular formula is C18H24ClN3. The first-order chi connectivity index (χ1) is 10.5. The van der Waals surface area contributed by atoms with Crippen molar-refractivity contribution >= 4 is 28.2 Å². The van der Waals surface area contributed by atoms with E-state index in [4.69, 9.17) is 11.6 Å². The lowest BCUT2D eigenvalue weighted by molar-refractivity contribution is 0.122. The van der Waals surface area contributed by atoms with E-state index >= 15 is 0 Å². The van der Waals surface area contributed by atoms with Gasteiger partial charge in [-0.05, 0) is 49.1 Å². The van der Waals surface area contributed by atoms with Crippen LogP contribution >= 0.6 is 11.6 Å². The number of aromatic nitrogens is 1. The minimum atomic E-state index is 0.457. The fourth-order valence-electron chi connectivity index (χ4n) is 3.36. The van der Waals surface area contributed by atoms with Crippen LogP contribution in [-0.2, 0) is 0 Å². The van der Waals surface area contributed by atoms with E-state index in [0.717, 1.165) is 34.7 Å². The first-order valence-electron chi connectivity index (χ1n) is 8.04. The zero-order valence-electron chi connectivity index (χ0n) is 13.4. The average Bonchev–Trinajstić information content (AvgIpc) is 2.46. The second-order valence-corrected chi connectivity index (χ2v) is 7.43. The van der Waals surface area contributed by atoms with Crippen molar-refractivity contribution in [2.24, 2.45) is 5.41 Å². The van der Waals surface area contributed by atoms with Crippen LogP contribution in [0.3, 0.4) is 0 Å². The van der Waals surface area contributed by atoms with Gasteiger partial charge in [0.2, 0.25) is 0 Å². The highest BCUT2D eigenvalue weighted by Gasteiger charge is 2.25. The molecule has 2 aromatic rings. The summed E-state index contributed by atoms with van der Waals surface area (Å²) >= 11 is 6.04. The molecule has 118 valence electrons. The van der Waals surface area contributed by atoms with E-state index in [1.54, 1.807) is 0 Å². The molecule has 0 spiro atoms. The molecule has 3 nitrogen and oxygen atoms in total. The molecule has 0 unspecified atom stereocenters. The van der Waals surface area contributed by atoms with Crippen molar-refractivity contribution in [1.29, 1.82) is 0 Å². The molecule has 0 bridgehead atoms. The quantitative estimate of drug-likeness (QED) is 0.904. The Morgan fingerprint density at radius 3 is 3.00 bits per heavy atom. The highest BCUT2D eigenvalue weighted by Crippen LogP contribution is 2.28. The van der Waals surface area contributed by atoms with E-state index in [9.17, 15) is 0 Å². The average molecular weight is 318 g/mol. The number of hydrogen-bond acceptors (Lipinski definition) is 3. The van der Waals surface area contributed by atoms with Crippen LogP contribution in [-0.4, -0.2) is 36.1 Å². The Bertz CT molecular complexity index is 654. The van der Waals surface area contributed by atoms with Crippen LogP contribution in [0.4, 0.5) is 5.69 Å². The predicted octanol–water partition coefficient (Wildman–Crippen LogP) is 4.42. The van der Waals surface area contributed by atoms with Crippen molar-refractivity contribution in [2.45, 2.75) is 26.7 Å². The summed E-state index contributed by atoms with van der Waals surface area (Å²) in [7, 11) is 0. The molecule has 0 aliphatic carbocycles. The number of fused-ring (bicyclic) bond motifs is 1. The molecule has 1 N–H and O–H groups in total. The van der Waals surface area contributed by atoms with Gasteiger partial charge in [0.25, 0.3) is 0 Å². The summed E-state index contributed by atoms with van der Waals surface area (Å²) in [4.78, 5) is 6.95. The molecule has 2 heterocycles. The van der Waals surface area contributed by atoms with Crippen LogP contribution in [0.1, 0.15) is 26.7 Å². The lowest BCUT2D eigenvalue weighted by Crippen LogP contribution is -2.42. The third-order valence-electron chi connectivity index (χ3n) is 4.43. The van der Waals surface area contributed by atoms with Gasteiger partial charge in [0, 0.05) is 41.9 Å². The van der Waals surface area contributed by atoms with Crippen molar-refractivity contribution in [1.82, 2.24) is 9.88 Å². The highest BCUT2D eigenvalue weighted by molar-refractivity contribution is 6.31. The molecule has 1 fully saturated rings. The lowest BCUT2D eigenvalue weighted by Gasteiger charge is -2.38. The topological polar surface area (TPSA) is 28.2 Å². The van der Waals surface area contributed by atoms with E-state index in [0.29, 0.717) is 5.41 Å². The molecule has 4 heteroatoms. The molecule has 22 heavy (non-hydrogen) atoms. The molecule has 0 atom stereocenters. The fourth-order valence-corrected chi connectivity index (χ4v) is 3.53. The van der Waals surface area contributed by atoms with E-state index in [1.165, 1.54) is 25.9 Å². The first-order valence-corrected chi connectivity index (χ1v) is 8.42. The normalized spacial score (nSPS) is 18.5. The van der Waals surface area contributed by atoms with Crippen LogP contribution < -0.4 is 5.32 Å². The molecular weight excluding hydrogens is 294 g/mol. The maximum absolute atomic E-state index is 6.04. The number of likely N-dealkylation sites (tertiary alicyclic amines) is 1. The van der Waals surface area contributed by atoms with E-state index < -0.39 is 0 Å². The Labute approximate surface area is 137 Å². The summed E-state index contributed by atoms with van der Waals surface area (Å²) in [5.74, 6) is 0. The van der Waals surface area contributed by atoms with E-state index in [2.05, 4.69) is 29.0 Å². The van der Waals surface area contributed by atoms with E-state index in [-0.39, 0.29) is 0 Å². The molecule has 0 radical (unpaired) electrons. The second-order valence-electron chi connectivity index (χ2n) is 6.99. The van der Waals surface area contributed by atoms with Crippen molar-refractivity contribution in [3.63, 3.8) is 0 Å². The summed E-state index contributed by atoms with van der Waals surface area (Å²) < 4.78 is 0.